The Bertz CT molecular complexity index is 1910. The molecule has 6 aromatic rings. The first-order valence-electron chi connectivity index (χ1n) is 14.1. The average molecular weight is 547 g/mol. The van der Waals surface area contributed by atoms with Gasteiger partial charge in [0.1, 0.15) is 0 Å². The largest absolute Gasteiger partial charge is 0.378 e. The molecule has 0 aliphatic carbocycles. The second kappa shape index (κ2) is 11.7. The Labute approximate surface area is 247 Å². The molecule has 0 amide bonds. The van der Waals surface area contributed by atoms with Crippen LogP contribution in [0.15, 0.2) is 109 Å². The molecule has 42 heavy (non-hydrogen) atoms. The van der Waals surface area contributed by atoms with E-state index in [9.17, 15) is 0 Å². The zero-order chi connectivity index (χ0) is 29.1. The minimum absolute atomic E-state index is 0.929. The fourth-order valence-electron chi connectivity index (χ4n) is 5.19. The molecule has 0 radical (unpaired) electrons. The van der Waals surface area contributed by atoms with Crippen LogP contribution in [0, 0.1) is 0 Å². The van der Waals surface area contributed by atoms with Crippen LogP contribution in [0.25, 0.3) is 57.2 Å². The minimum atomic E-state index is 0.929. The van der Waals surface area contributed by atoms with Crippen molar-refractivity contribution in [1.82, 2.24) is 9.97 Å². The average Bonchev–Trinajstić information content (AvgIpc) is 3.02. The molecule has 6 rings (SSSR count). The van der Waals surface area contributed by atoms with Crippen molar-refractivity contribution in [2.75, 3.05) is 38.0 Å². The van der Waals surface area contributed by atoms with E-state index in [1.807, 2.05) is 6.20 Å². The van der Waals surface area contributed by atoms with E-state index in [1.54, 1.807) is 0 Å². The summed E-state index contributed by atoms with van der Waals surface area (Å²) in [5, 5.41) is 2.24. The molecule has 2 aromatic heterocycles. The summed E-state index contributed by atoms with van der Waals surface area (Å²) in [6.07, 6.45) is 10.4. The zero-order valence-corrected chi connectivity index (χ0v) is 24.5. The van der Waals surface area contributed by atoms with E-state index in [2.05, 4.69) is 165 Å². The van der Waals surface area contributed by atoms with E-state index in [-0.39, 0.29) is 0 Å². The van der Waals surface area contributed by atoms with Gasteiger partial charge in [-0.1, -0.05) is 78.9 Å². The van der Waals surface area contributed by atoms with Crippen molar-refractivity contribution in [3.63, 3.8) is 0 Å². The molecule has 0 saturated carbocycles. The topological polar surface area (TPSA) is 32.3 Å². The second-order valence-electron chi connectivity index (χ2n) is 10.8. The van der Waals surface area contributed by atoms with Crippen LogP contribution in [-0.2, 0) is 0 Å². The number of hydrogen-bond donors (Lipinski definition) is 0. The zero-order valence-electron chi connectivity index (χ0n) is 24.5. The summed E-state index contributed by atoms with van der Waals surface area (Å²) in [5.41, 5.74) is 10.9. The lowest BCUT2D eigenvalue weighted by atomic mass is 9.96. The number of fused-ring (bicyclic) bond motifs is 2. The number of pyridine rings is 2. The van der Waals surface area contributed by atoms with Crippen molar-refractivity contribution >= 4 is 57.5 Å². The van der Waals surface area contributed by atoms with Gasteiger partial charge in [0.25, 0.3) is 0 Å². The first-order valence-corrected chi connectivity index (χ1v) is 14.1. The van der Waals surface area contributed by atoms with E-state index in [1.165, 1.54) is 11.4 Å². The fraction of sp³-hybridized carbons (Fsp3) is 0.105. The standard InChI is InChI=1S/C38H34N4/c1-41(2)31-20-13-27(14-21-31)11-17-29-25-26-39-38-33(29)7-5-9-36(38)34-8-6-10-37-35(34)24-19-30(40-37)18-12-28-15-22-32(23-16-28)42(3)4/h5-26H,1-4H3/b17-11-,18-12+. The highest BCUT2D eigenvalue weighted by molar-refractivity contribution is 6.05. The van der Waals surface area contributed by atoms with Crippen molar-refractivity contribution in [1.29, 1.82) is 0 Å². The summed E-state index contributed by atoms with van der Waals surface area (Å²) in [7, 11) is 8.21. The molecule has 0 aliphatic rings. The van der Waals surface area contributed by atoms with Crippen LogP contribution >= 0.6 is 0 Å². The molecule has 2 heterocycles. The lowest BCUT2D eigenvalue weighted by Gasteiger charge is -2.12. The van der Waals surface area contributed by atoms with Crippen molar-refractivity contribution in [3.8, 4) is 11.1 Å². The molecule has 0 spiro atoms. The van der Waals surface area contributed by atoms with Crippen LogP contribution in [0.1, 0.15) is 22.4 Å². The third-order valence-corrected chi connectivity index (χ3v) is 7.57. The lowest BCUT2D eigenvalue weighted by Crippen LogP contribution is -2.07. The Balaban J connectivity index is 1.32. The van der Waals surface area contributed by atoms with E-state index in [0.717, 1.165) is 55.3 Å². The summed E-state index contributed by atoms with van der Waals surface area (Å²) in [5.74, 6) is 0. The molecule has 0 unspecified atom stereocenters. The van der Waals surface area contributed by atoms with Gasteiger partial charge in [-0.3, -0.25) is 4.98 Å². The van der Waals surface area contributed by atoms with Crippen LogP contribution in [0.3, 0.4) is 0 Å². The quantitative estimate of drug-likeness (QED) is 0.200. The molecule has 0 bridgehead atoms. The van der Waals surface area contributed by atoms with E-state index >= 15 is 0 Å². The Morgan fingerprint density at radius 2 is 1.14 bits per heavy atom. The van der Waals surface area contributed by atoms with Crippen LogP contribution < -0.4 is 9.80 Å². The van der Waals surface area contributed by atoms with E-state index in [0.29, 0.717) is 0 Å². The predicted octanol–water partition coefficient (Wildman–Crippen LogP) is 8.92. The lowest BCUT2D eigenvalue weighted by molar-refractivity contribution is 1.13. The summed E-state index contributed by atoms with van der Waals surface area (Å²) >= 11 is 0. The number of para-hydroxylation sites is 1. The molecular weight excluding hydrogens is 512 g/mol. The summed E-state index contributed by atoms with van der Waals surface area (Å²) in [4.78, 5) is 14.0. The Kier molecular flexibility index (Phi) is 7.52. The third-order valence-electron chi connectivity index (χ3n) is 7.57. The van der Waals surface area contributed by atoms with Gasteiger partial charge in [0.15, 0.2) is 0 Å². The maximum absolute atomic E-state index is 4.97. The Morgan fingerprint density at radius 1 is 0.524 bits per heavy atom. The van der Waals surface area contributed by atoms with Gasteiger partial charge in [-0.15, -0.1) is 0 Å². The van der Waals surface area contributed by atoms with Gasteiger partial charge < -0.3 is 9.80 Å². The van der Waals surface area contributed by atoms with Gasteiger partial charge in [-0.2, -0.15) is 0 Å². The molecule has 4 nitrogen and oxygen atoms in total. The summed E-state index contributed by atoms with van der Waals surface area (Å²) in [6.45, 7) is 0. The normalized spacial score (nSPS) is 11.6. The first kappa shape index (κ1) is 27.0. The third kappa shape index (κ3) is 5.65. The monoisotopic (exact) mass is 546 g/mol. The SMILES string of the molecule is CN(C)c1ccc(/C=C\c2ccnc3c(-c4cccc5nc(/C=C/c6ccc(N(C)C)cc6)ccc45)cccc23)cc1. The number of benzene rings is 4. The summed E-state index contributed by atoms with van der Waals surface area (Å²) < 4.78 is 0. The molecule has 206 valence electrons. The molecular formula is C38H34N4. The number of rotatable bonds is 7. The second-order valence-corrected chi connectivity index (χ2v) is 10.8. The maximum Gasteiger partial charge on any atom is 0.0786 e. The molecule has 0 atom stereocenters. The fourth-order valence-corrected chi connectivity index (χ4v) is 5.19. The molecule has 4 heteroatoms. The van der Waals surface area contributed by atoms with Crippen molar-refractivity contribution in [2.45, 2.75) is 0 Å². The van der Waals surface area contributed by atoms with Gasteiger partial charge >= 0.3 is 0 Å². The van der Waals surface area contributed by atoms with Gasteiger partial charge in [0, 0.05) is 62.1 Å². The van der Waals surface area contributed by atoms with Gasteiger partial charge in [0.2, 0.25) is 0 Å². The van der Waals surface area contributed by atoms with Crippen molar-refractivity contribution in [3.05, 3.63) is 132 Å². The van der Waals surface area contributed by atoms with Gasteiger partial charge in [-0.05, 0) is 70.8 Å². The van der Waals surface area contributed by atoms with Crippen LogP contribution in [0.4, 0.5) is 11.4 Å². The molecule has 0 N–H and O–H groups in total. The predicted molar refractivity (Wildman–Crippen MR) is 182 cm³/mol. The highest BCUT2D eigenvalue weighted by Crippen LogP contribution is 2.34. The Hall–Kier alpha value is -5.22. The number of hydrogen-bond acceptors (Lipinski definition) is 4. The maximum atomic E-state index is 4.97. The Morgan fingerprint density at radius 3 is 1.81 bits per heavy atom. The van der Waals surface area contributed by atoms with E-state index in [4.69, 9.17) is 9.97 Å². The summed E-state index contributed by atoms with van der Waals surface area (Å²) in [6, 6.07) is 36.2. The molecule has 0 aliphatic heterocycles. The van der Waals surface area contributed by atoms with Crippen LogP contribution in [0.5, 0.6) is 0 Å². The van der Waals surface area contributed by atoms with Gasteiger partial charge in [-0.25, -0.2) is 4.98 Å². The highest BCUT2D eigenvalue weighted by Gasteiger charge is 2.11. The highest BCUT2D eigenvalue weighted by atomic mass is 15.1. The molecule has 0 saturated heterocycles. The van der Waals surface area contributed by atoms with Crippen molar-refractivity contribution < 1.29 is 0 Å². The molecule has 4 aromatic carbocycles. The van der Waals surface area contributed by atoms with Crippen LogP contribution in [0.2, 0.25) is 0 Å². The van der Waals surface area contributed by atoms with Crippen molar-refractivity contribution in [2.24, 2.45) is 0 Å². The number of anilines is 2. The number of nitrogens with zero attached hydrogens (tertiary/aromatic N) is 4. The van der Waals surface area contributed by atoms with Gasteiger partial charge in [0.05, 0.1) is 16.7 Å². The molecule has 0 fully saturated rings. The van der Waals surface area contributed by atoms with E-state index < -0.39 is 0 Å². The first-order chi connectivity index (χ1) is 20.5. The van der Waals surface area contributed by atoms with Crippen LogP contribution in [-0.4, -0.2) is 38.2 Å². The minimum Gasteiger partial charge on any atom is -0.378 e. The smallest absolute Gasteiger partial charge is 0.0786 e. The number of aromatic nitrogens is 2.